The Morgan fingerprint density at radius 3 is 2.49 bits per heavy atom. The molecule has 1 fully saturated rings. The molecule has 2 amide bonds. The molecule has 0 saturated carbocycles. The summed E-state index contributed by atoms with van der Waals surface area (Å²) in [4.78, 5) is 19.9. The van der Waals surface area contributed by atoms with Crippen molar-refractivity contribution in [3.05, 3.63) is 82.1 Å². The Hall–Kier alpha value is -3.59. The summed E-state index contributed by atoms with van der Waals surface area (Å²) in [5, 5.41) is 16.1. The van der Waals surface area contributed by atoms with Crippen LogP contribution in [-0.2, 0) is 13.1 Å². The number of nitrogens with zero attached hydrogens (tertiary/aromatic N) is 3. The van der Waals surface area contributed by atoms with E-state index in [-0.39, 0.29) is 12.1 Å². The quantitative estimate of drug-likeness (QED) is 0.282. The topological polar surface area (TPSA) is 91.1 Å². The Morgan fingerprint density at radius 1 is 1.08 bits per heavy atom. The van der Waals surface area contributed by atoms with Gasteiger partial charge in [0.1, 0.15) is 17.2 Å². The Labute approximate surface area is 233 Å². The van der Waals surface area contributed by atoms with Crippen LogP contribution in [0.15, 0.2) is 54.7 Å². The maximum Gasteiger partial charge on any atom is 0.320 e. The molecule has 39 heavy (non-hydrogen) atoms. The molecule has 1 aliphatic heterocycles. The van der Waals surface area contributed by atoms with Crippen molar-refractivity contribution in [2.24, 2.45) is 0 Å². The Morgan fingerprint density at radius 2 is 1.79 bits per heavy atom. The van der Waals surface area contributed by atoms with Gasteiger partial charge in [-0.1, -0.05) is 41.9 Å². The van der Waals surface area contributed by atoms with Gasteiger partial charge in [0.2, 0.25) is 0 Å². The first-order valence-electron chi connectivity index (χ1n) is 13.2. The van der Waals surface area contributed by atoms with E-state index in [2.05, 4.69) is 45.9 Å². The van der Waals surface area contributed by atoms with E-state index in [4.69, 9.17) is 21.3 Å². The Kier molecular flexibility index (Phi) is 8.07. The van der Waals surface area contributed by atoms with Gasteiger partial charge < -0.3 is 15.2 Å². The van der Waals surface area contributed by atoms with Crippen LogP contribution in [-0.4, -0.2) is 51.7 Å². The van der Waals surface area contributed by atoms with Gasteiger partial charge in [0.05, 0.1) is 23.9 Å². The minimum atomic E-state index is -0.329. The summed E-state index contributed by atoms with van der Waals surface area (Å²) in [7, 11) is 1.57. The number of benzene rings is 2. The van der Waals surface area contributed by atoms with Crippen molar-refractivity contribution in [2.75, 3.05) is 25.5 Å². The number of piperidine rings is 1. The number of aromatic nitrogens is 2. The number of nitrogens with one attached hydrogen (secondary N) is 2. The zero-order chi connectivity index (χ0) is 27.5. The van der Waals surface area contributed by atoms with Gasteiger partial charge >= 0.3 is 6.03 Å². The van der Waals surface area contributed by atoms with Crippen LogP contribution < -0.4 is 15.4 Å². The molecule has 0 bridgehead atoms. The second kappa shape index (κ2) is 11.7. The monoisotopic (exact) mass is 547 g/mol. The molecule has 2 aromatic heterocycles. The smallest absolute Gasteiger partial charge is 0.320 e. The molecule has 2 aromatic carbocycles. The molecule has 1 saturated heterocycles. The lowest BCUT2D eigenvalue weighted by molar-refractivity contribution is 0.0792. The minimum absolute atomic E-state index is 0.161. The molecule has 204 valence electrons. The highest BCUT2D eigenvalue weighted by molar-refractivity contribution is 6.32. The fourth-order valence-electron chi connectivity index (χ4n) is 5.02. The number of amides is 2. The fourth-order valence-corrected chi connectivity index (χ4v) is 5.30. The molecular formula is C30H34ClN5O3. The number of methoxy groups -OCH3 is 1. The molecule has 0 atom stereocenters. The number of carbonyl (C=O) groups excluding carboxylic acids is 1. The van der Waals surface area contributed by atoms with Gasteiger partial charge in [-0.2, -0.15) is 0 Å². The van der Waals surface area contributed by atoms with Crippen molar-refractivity contribution in [1.82, 2.24) is 19.6 Å². The Balaban J connectivity index is 1.30. The summed E-state index contributed by atoms with van der Waals surface area (Å²) < 4.78 is 7.13. The van der Waals surface area contributed by atoms with Crippen molar-refractivity contribution in [3.8, 4) is 16.9 Å². The van der Waals surface area contributed by atoms with Crippen LogP contribution in [0, 0.1) is 13.8 Å². The molecule has 0 unspecified atom stereocenters. The fraction of sp³-hybridized carbons (Fsp3) is 0.333. The molecule has 3 heterocycles. The average molecular weight is 548 g/mol. The van der Waals surface area contributed by atoms with Crippen LogP contribution in [0.25, 0.3) is 16.8 Å². The average Bonchev–Trinajstić information content (AvgIpc) is 3.24. The van der Waals surface area contributed by atoms with Crippen LogP contribution in [0.2, 0.25) is 5.02 Å². The molecule has 4 aromatic rings. The van der Waals surface area contributed by atoms with Crippen LogP contribution in [0.4, 0.5) is 10.6 Å². The predicted molar refractivity (Wildman–Crippen MR) is 154 cm³/mol. The molecule has 8 nitrogen and oxygen atoms in total. The molecule has 3 N–H and O–H groups in total. The maximum absolute atomic E-state index is 12.8. The van der Waals surface area contributed by atoms with E-state index in [1.54, 1.807) is 19.2 Å². The van der Waals surface area contributed by atoms with Crippen LogP contribution in [0.1, 0.15) is 35.2 Å². The van der Waals surface area contributed by atoms with Gasteiger partial charge in [-0.25, -0.2) is 9.78 Å². The number of hydrogen-bond donors (Lipinski definition) is 3. The number of rotatable bonds is 7. The third-order valence-corrected chi connectivity index (χ3v) is 7.53. The highest BCUT2D eigenvalue weighted by Crippen LogP contribution is 2.28. The number of anilines is 1. The first-order valence-corrected chi connectivity index (χ1v) is 13.5. The van der Waals surface area contributed by atoms with Gasteiger partial charge in [0.25, 0.3) is 0 Å². The lowest BCUT2D eigenvalue weighted by Gasteiger charge is -2.29. The maximum atomic E-state index is 12.8. The number of imidazole rings is 1. The summed E-state index contributed by atoms with van der Waals surface area (Å²) in [5.74, 6) is 1.22. The first kappa shape index (κ1) is 27.0. The van der Waals surface area contributed by atoms with Crippen LogP contribution in [0.5, 0.6) is 5.75 Å². The number of pyridine rings is 1. The van der Waals surface area contributed by atoms with E-state index in [0.717, 1.165) is 66.1 Å². The van der Waals surface area contributed by atoms with Gasteiger partial charge in [0.15, 0.2) is 0 Å². The Bertz CT molecular complexity index is 1480. The first-order chi connectivity index (χ1) is 18.8. The van der Waals surface area contributed by atoms with Gasteiger partial charge in [-0.15, -0.1) is 0 Å². The summed E-state index contributed by atoms with van der Waals surface area (Å²) in [6, 6.07) is 15.8. The number of aliphatic hydroxyl groups excluding tert-OH is 1. The second-order valence-electron chi connectivity index (χ2n) is 10.1. The zero-order valence-corrected chi connectivity index (χ0v) is 23.3. The molecule has 0 spiro atoms. The van der Waals surface area contributed by atoms with Crippen molar-refractivity contribution in [2.45, 2.75) is 45.9 Å². The van der Waals surface area contributed by atoms with Crippen molar-refractivity contribution >= 4 is 29.1 Å². The normalized spacial score (nSPS) is 14.5. The van der Waals surface area contributed by atoms with E-state index < -0.39 is 0 Å². The number of carbonyl (C=O) groups is 1. The number of urea groups is 1. The second-order valence-corrected chi connectivity index (χ2v) is 10.5. The molecule has 5 rings (SSSR count). The van der Waals surface area contributed by atoms with Crippen molar-refractivity contribution < 1.29 is 14.6 Å². The molecule has 1 aliphatic rings. The number of hydrogen-bond acceptors (Lipinski definition) is 5. The summed E-state index contributed by atoms with van der Waals surface area (Å²) in [6.07, 6.45) is 3.53. The van der Waals surface area contributed by atoms with Crippen molar-refractivity contribution in [3.63, 3.8) is 0 Å². The zero-order valence-electron chi connectivity index (χ0n) is 22.5. The van der Waals surface area contributed by atoms with E-state index in [0.29, 0.717) is 23.1 Å². The SMILES string of the molecule is COc1ccc(CNC(=O)Nc2c(C)nc3c(C)cc(-c4ccc(CN5CCC(O)CC5)cc4)cn23)cc1Cl. The molecule has 0 radical (unpaired) electrons. The highest BCUT2D eigenvalue weighted by Gasteiger charge is 2.18. The summed E-state index contributed by atoms with van der Waals surface area (Å²) >= 11 is 6.21. The number of likely N-dealkylation sites (tertiary alicyclic amines) is 1. The van der Waals surface area contributed by atoms with Gasteiger partial charge in [-0.05, 0) is 72.7 Å². The van der Waals surface area contributed by atoms with Gasteiger partial charge in [-0.3, -0.25) is 14.6 Å². The van der Waals surface area contributed by atoms with Gasteiger partial charge in [0, 0.05) is 32.4 Å². The van der Waals surface area contributed by atoms with Crippen LogP contribution in [0.3, 0.4) is 0 Å². The van der Waals surface area contributed by atoms with E-state index in [1.807, 2.05) is 30.5 Å². The standard InChI is InChI=1S/C30H34ClN5O3/c1-19-14-24(23-7-4-21(5-8-23)17-35-12-10-25(37)11-13-35)18-36-28(19)33-20(2)29(36)34-30(38)32-16-22-6-9-27(39-3)26(31)15-22/h4-9,14-15,18,25,37H,10-13,16-17H2,1-3H3,(H2,32,34,38). The number of ether oxygens (including phenoxy) is 1. The lowest BCUT2D eigenvalue weighted by atomic mass is 10.0. The van der Waals surface area contributed by atoms with E-state index >= 15 is 0 Å². The van der Waals surface area contributed by atoms with E-state index in [9.17, 15) is 9.90 Å². The highest BCUT2D eigenvalue weighted by atomic mass is 35.5. The predicted octanol–water partition coefficient (Wildman–Crippen LogP) is 5.56. The minimum Gasteiger partial charge on any atom is -0.495 e. The number of fused-ring (bicyclic) bond motifs is 1. The number of aryl methyl sites for hydroxylation is 2. The van der Waals surface area contributed by atoms with E-state index in [1.165, 1.54) is 5.56 Å². The summed E-state index contributed by atoms with van der Waals surface area (Å²) in [5.41, 5.74) is 6.82. The third-order valence-electron chi connectivity index (χ3n) is 7.23. The van der Waals surface area contributed by atoms with Crippen LogP contribution >= 0.6 is 11.6 Å². The molecule has 0 aliphatic carbocycles. The van der Waals surface area contributed by atoms with Crippen molar-refractivity contribution in [1.29, 1.82) is 0 Å². The number of halogens is 1. The third kappa shape index (κ3) is 6.19. The molecule has 9 heteroatoms. The largest absolute Gasteiger partial charge is 0.495 e. The summed E-state index contributed by atoms with van der Waals surface area (Å²) in [6.45, 7) is 6.98. The number of aliphatic hydroxyl groups is 1. The molecular weight excluding hydrogens is 514 g/mol. The lowest BCUT2D eigenvalue weighted by Crippen LogP contribution is -2.35.